The molecule has 152 valence electrons. The summed E-state index contributed by atoms with van der Waals surface area (Å²) in [5.74, 6) is 0.439. The van der Waals surface area contributed by atoms with Crippen molar-refractivity contribution in [2.45, 2.75) is 11.4 Å². The van der Waals surface area contributed by atoms with Gasteiger partial charge in [-0.2, -0.15) is 4.31 Å². The van der Waals surface area contributed by atoms with Crippen molar-refractivity contribution in [3.63, 3.8) is 0 Å². The van der Waals surface area contributed by atoms with E-state index in [-0.39, 0.29) is 10.7 Å². The van der Waals surface area contributed by atoms with Crippen LogP contribution in [0.4, 0.5) is 4.39 Å². The van der Waals surface area contributed by atoms with Crippen LogP contribution in [0.3, 0.4) is 0 Å². The van der Waals surface area contributed by atoms with Gasteiger partial charge in [-0.15, -0.1) is 10.2 Å². The van der Waals surface area contributed by atoms with Crippen LogP contribution < -0.4 is 0 Å². The summed E-state index contributed by atoms with van der Waals surface area (Å²) in [4.78, 5) is 2.35. The summed E-state index contributed by atoms with van der Waals surface area (Å²) in [6, 6.07) is 12.5. The van der Waals surface area contributed by atoms with Crippen LogP contribution >= 0.6 is 15.9 Å². The summed E-state index contributed by atoms with van der Waals surface area (Å²) in [5.41, 5.74) is 0.649. The topological polar surface area (TPSA) is 79.5 Å². The summed E-state index contributed by atoms with van der Waals surface area (Å²) < 4.78 is 46.6. The van der Waals surface area contributed by atoms with Crippen LogP contribution in [0.1, 0.15) is 5.89 Å². The molecule has 3 aromatic rings. The first-order valence-electron chi connectivity index (χ1n) is 8.98. The fourth-order valence-corrected chi connectivity index (χ4v) is 4.79. The number of sulfonamides is 1. The molecule has 10 heteroatoms. The zero-order valence-electron chi connectivity index (χ0n) is 15.3. The lowest BCUT2D eigenvalue weighted by Gasteiger charge is -2.33. The van der Waals surface area contributed by atoms with Crippen molar-refractivity contribution in [3.8, 4) is 11.5 Å². The lowest BCUT2D eigenvalue weighted by Crippen LogP contribution is -2.48. The van der Waals surface area contributed by atoms with Crippen molar-refractivity contribution in [1.29, 1.82) is 0 Å². The maximum atomic E-state index is 13.0. The number of aromatic nitrogens is 2. The third-order valence-corrected chi connectivity index (χ3v) is 7.14. The van der Waals surface area contributed by atoms with E-state index in [9.17, 15) is 12.8 Å². The van der Waals surface area contributed by atoms with E-state index in [1.54, 1.807) is 36.4 Å². The molecule has 0 radical (unpaired) electrons. The van der Waals surface area contributed by atoms with Crippen LogP contribution in [0.15, 0.2) is 62.3 Å². The van der Waals surface area contributed by atoms with E-state index in [0.717, 1.165) is 4.47 Å². The molecule has 1 aliphatic rings. The first-order valence-corrected chi connectivity index (χ1v) is 11.2. The third kappa shape index (κ3) is 4.55. The van der Waals surface area contributed by atoms with E-state index in [1.165, 1.54) is 16.4 Å². The summed E-state index contributed by atoms with van der Waals surface area (Å²) in [6.07, 6.45) is 0. The van der Waals surface area contributed by atoms with Gasteiger partial charge in [0.2, 0.25) is 21.8 Å². The Balaban J connectivity index is 1.37. The van der Waals surface area contributed by atoms with Gasteiger partial charge in [-0.05, 0) is 48.5 Å². The van der Waals surface area contributed by atoms with Gasteiger partial charge in [-0.1, -0.05) is 15.9 Å². The van der Waals surface area contributed by atoms with Crippen molar-refractivity contribution >= 4 is 26.0 Å². The van der Waals surface area contributed by atoms with E-state index in [0.29, 0.717) is 50.1 Å². The van der Waals surface area contributed by atoms with Gasteiger partial charge in [0.25, 0.3) is 0 Å². The maximum Gasteiger partial charge on any atom is 0.247 e. The molecule has 2 heterocycles. The molecule has 4 rings (SSSR count). The molecular formula is C19H18BrFN4O3S. The van der Waals surface area contributed by atoms with Gasteiger partial charge in [-0.3, -0.25) is 4.90 Å². The minimum absolute atomic E-state index is 0.287. The highest BCUT2D eigenvalue weighted by Crippen LogP contribution is 2.22. The van der Waals surface area contributed by atoms with E-state index in [4.69, 9.17) is 4.42 Å². The van der Waals surface area contributed by atoms with Crippen molar-refractivity contribution in [2.24, 2.45) is 0 Å². The zero-order valence-corrected chi connectivity index (χ0v) is 17.7. The number of nitrogens with zero attached hydrogens (tertiary/aromatic N) is 4. The standard InChI is InChI=1S/C19H18BrFN4O3S/c20-15-3-7-17(8-4-15)29(26,27)25-11-9-24(10-12-25)13-18-22-23-19(28-18)14-1-5-16(21)6-2-14/h1-8H,9-13H2. The van der Waals surface area contributed by atoms with Gasteiger partial charge in [-0.25, -0.2) is 12.8 Å². The third-order valence-electron chi connectivity index (χ3n) is 4.70. The van der Waals surface area contributed by atoms with Crippen molar-refractivity contribution < 1.29 is 17.2 Å². The second-order valence-electron chi connectivity index (χ2n) is 6.64. The summed E-state index contributed by atoms with van der Waals surface area (Å²) >= 11 is 3.32. The minimum atomic E-state index is -3.51. The lowest BCUT2D eigenvalue weighted by molar-refractivity contribution is 0.168. The van der Waals surface area contributed by atoms with Crippen molar-refractivity contribution in [1.82, 2.24) is 19.4 Å². The average Bonchev–Trinajstić information content (AvgIpc) is 3.18. The molecule has 29 heavy (non-hydrogen) atoms. The van der Waals surface area contributed by atoms with E-state index in [2.05, 4.69) is 31.0 Å². The lowest BCUT2D eigenvalue weighted by atomic mass is 10.2. The molecule has 0 amide bonds. The van der Waals surface area contributed by atoms with Crippen LogP contribution in [0.2, 0.25) is 0 Å². The first kappa shape index (κ1) is 20.1. The number of halogens is 2. The SMILES string of the molecule is O=S(=O)(c1ccc(Br)cc1)N1CCN(Cc2nnc(-c3ccc(F)cc3)o2)CC1. The van der Waals surface area contributed by atoms with Crippen LogP contribution in [0, 0.1) is 5.82 Å². The fourth-order valence-electron chi connectivity index (χ4n) is 3.10. The van der Waals surface area contributed by atoms with Crippen LogP contribution in [-0.2, 0) is 16.6 Å². The van der Waals surface area contributed by atoms with E-state index in [1.807, 2.05) is 0 Å². The van der Waals surface area contributed by atoms with Crippen molar-refractivity contribution in [3.05, 3.63) is 64.7 Å². The Bertz CT molecular complexity index is 1080. The van der Waals surface area contributed by atoms with Crippen LogP contribution in [0.5, 0.6) is 0 Å². The molecule has 0 N–H and O–H groups in total. The molecule has 1 fully saturated rings. The number of piperazine rings is 1. The van der Waals surface area contributed by atoms with Gasteiger partial charge in [0.1, 0.15) is 5.82 Å². The van der Waals surface area contributed by atoms with Crippen molar-refractivity contribution in [2.75, 3.05) is 26.2 Å². The Morgan fingerprint density at radius 1 is 0.966 bits per heavy atom. The Morgan fingerprint density at radius 2 is 1.62 bits per heavy atom. The fraction of sp³-hybridized carbons (Fsp3) is 0.263. The molecule has 0 spiro atoms. The zero-order chi connectivity index (χ0) is 20.4. The van der Waals surface area contributed by atoms with E-state index >= 15 is 0 Å². The predicted octanol–water partition coefficient (Wildman–Crippen LogP) is 3.14. The molecule has 0 saturated carbocycles. The minimum Gasteiger partial charge on any atom is -0.419 e. The average molecular weight is 481 g/mol. The summed E-state index contributed by atoms with van der Waals surface area (Å²) in [6.45, 7) is 2.32. The highest BCUT2D eigenvalue weighted by Gasteiger charge is 2.29. The Labute approximate surface area is 176 Å². The molecule has 1 saturated heterocycles. The predicted molar refractivity (Wildman–Crippen MR) is 108 cm³/mol. The largest absolute Gasteiger partial charge is 0.419 e. The second kappa shape index (κ2) is 8.31. The summed E-state index contributed by atoms with van der Waals surface area (Å²) in [7, 11) is -3.51. The van der Waals surface area contributed by atoms with E-state index < -0.39 is 10.0 Å². The monoisotopic (exact) mass is 480 g/mol. The smallest absolute Gasteiger partial charge is 0.247 e. The molecule has 0 aliphatic carbocycles. The second-order valence-corrected chi connectivity index (χ2v) is 9.50. The van der Waals surface area contributed by atoms with Gasteiger partial charge in [0.05, 0.1) is 11.4 Å². The molecular weight excluding hydrogens is 463 g/mol. The highest BCUT2D eigenvalue weighted by atomic mass is 79.9. The highest BCUT2D eigenvalue weighted by molar-refractivity contribution is 9.10. The molecule has 1 aromatic heterocycles. The Kier molecular flexibility index (Phi) is 5.77. The van der Waals surface area contributed by atoms with Gasteiger partial charge >= 0.3 is 0 Å². The van der Waals surface area contributed by atoms with Crippen LogP contribution in [0.25, 0.3) is 11.5 Å². The molecule has 0 unspecified atom stereocenters. The number of benzene rings is 2. The van der Waals surface area contributed by atoms with Gasteiger partial charge in [0, 0.05) is 36.2 Å². The quantitative estimate of drug-likeness (QED) is 0.557. The molecule has 7 nitrogen and oxygen atoms in total. The number of rotatable bonds is 5. The molecule has 2 aromatic carbocycles. The first-order chi connectivity index (χ1) is 13.9. The normalized spacial score (nSPS) is 16.2. The Morgan fingerprint density at radius 3 is 2.28 bits per heavy atom. The Hall–Kier alpha value is -2.14. The van der Waals surface area contributed by atoms with Gasteiger partial charge < -0.3 is 4.42 Å². The molecule has 1 aliphatic heterocycles. The van der Waals surface area contributed by atoms with Gasteiger partial charge in [0.15, 0.2) is 0 Å². The van der Waals surface area contributed by atoms with Crippen LogP contribution in [-0.4, -0.2) is 54.0 Å². The maximum absolute atomic E-state index is 13.0. The molecule has 0 atom stereocenters. The molecule has 0 bridgehead atoms. The number of hydrogen-bond donors (Lipinski definition) is 0. The number of hydrogen-bond acceptors (Lipinski definition) is 6. The summed E-state index contributed by atoms with van der Waals surface area (Å²) in [5, 5.41) is 8.05.